The fourth-order valence-corrected chi connectivity index (χ4v) is 5.88. The minimum absolute atomic E-state index is 0.0744. The van der Waals surface area contributed by atoms with Gasteiger partial charge in [-0.15, -0.1) is 0 Å². The van der Waals surface area contributed by atoms with Gasteiger partial charge >= 0.3 is 12.3 Å². The van der Waals surface area contributed by atoms with Crippen molar-refractivity contribution in [3.05, 3.63) is 35.9 Å². The third-order valence-corrected chi connectivity index (χ3v) is 7.46. The molecule has 2 heterocycles. The number of hydrogen-bond acceptors (Lipinski definition) is 4. The number of rotatable bonds is 3. The molecule has 2 aliphatic heterocycles. The highest BCUT2D eigenvalue weighted by Crippen LogP contribution is 2.47. The summed E-state index contributed by atoms with van der Waals surface area (Å²) in [5.41, 5.74) is -0.309. The van der Waals surface area contributed by atoms with Gasteiger partial charge in [-0.2, -0.15) is 13.2 Å². The van der Waals surface area contributed by atoms with Crippen molar-refractivity contribution in [1.82, 2.24) is 14.7 Å². The standard InChI is InChI=1S/C23H30F3N3O4/c24-23(25,26)15-28-13-12-27(21(31)32)14-19(28)20(30)29-11-10-22(33,16-6-2-1-3-7-16)17-8-4-5-9-18(17)29/h1-3,6-7,17-19,33H,4-5,8-15H2,(H,31,32)/t17-,18+,19?,22?/m0/s1. The number of likely N-dealkylation sites (tertiary alicyclic amines) is 1. The number of benzene rings is 1. The number of piperidine rings is 1. The number of alkyl halides is 3. The summed E-state index contributed by atoms with van der Waals surface area (Å²) in [6.45, 7) is -1.56. The second-order valence-electron chi connectivity index (χ2n) is 9.36. The van der Waals surface area contributed by atoms with E-state index in [0.29, 0.717) is 12.8 Å². The van der Waals surface area contributed by atoms with Gasteiger partial charge in [0.05, 0.1) is 12.1 Å². The lowest BCUT2D eigenvalue weighted by molar-refractivity contribution is -0.172. The smallest absolute Gasteiger partial charge is 0.407 e. The molecule has 3 aliphatic rings. The molecular weight excluding hydrogens is 439 g/mol. The molecule has 1 aliphatic carbocycles. The van der Waals surface area contributed by atoms with Crippen LogP contribution in [0.5, 0.6) is 0 Å². The molecular formula is C23H30F3N3O4. The highest BCUT2D eigenvalue weighted by atomic mass is 19.4. The van der Waals surface area contributed by atoms with Crippen LogP contribution in [0.3, 0.4) is 0 Å². The number of carbonyl (C=O) groups is 2. The predicted octanol–water partition coefficient (Wildman–Crippen LogP) is 2.89. The van der Waals surface area contributed by atoms with Crippen molar-refractivity contribution in [2.24, 2.45) is 5.92 Å². The second kappa shape index (κ2) is 9.13. The van der Waals surface area contributed by atoms with Crippen molar-refractivity contribution in [2.75, 3.05) is 32.7 Å². The van der Waals surface area contributed by atoms with Crippen molar-refractivity contribution in [3.63, 3.8) is 0 Å². The monoisotopic (exact) mass is 469 g/mol. The van der Waals surface area contributed by atoms with Crippen molar-refractivity contribution in [1.29, 1.82) is 0 Å². The topological polar surface area (TPSA) is 84.3 Å². The molecule has 2 N–H and O–H groups in total. The van der Waals surface area contributed by atoms with Crippen LogP contribution in [-0.2, 0) is 10.4 Å². The van der Waals surface area contributed by atoms with Crippen LogP contribution in [0.15, 0.2) is 30.3 Å². The van der Waals surface area contributed by atoms with E-state index in [1.807, 2.05) is 30.3 Å². The van der Waals surface area contributed by atoms with Crippen LogP contribution in [0, 0.1) is 5.92 Å². The number of hydrogen-bond donors (Lipinski definition) is 2. The maximum atomic E-state index is 13.6. The zero-order chi connectivity index (χ0) is 23.8. The summed E-state index contributed by atoms with van der Waals surface area (Å²) in [5.74, 6) is -0.696. The van der Waals surface area contributed by atoms with Crippen molar-refractivity contribution < 1.29 is 33.0 Å². The zero-order valence-electron chi connectivity index (χ0n) is 18.4. The average Bonchev–Trinajstić information content (AvgIpc) is 2.79. The molecule has 182 valence electrons. The van der Waals surface area contributed by atoms with E-state index in [1.54, 1.807) is 4.90 Å². The number of halogens is 3. The molecule has 1 saturated carbocycles. The van der Waals surface area contributed by atoms with Gasteiger partial charge in [0.25, 0.3) is 0 Å². The lowest BCUT2D eigenvalue weighted by atomic mass is 9.66. The quantitative estimate of drug-likeness (QED) is 0.711. The first-order chi connectivity index (χ1) is 15.6. The third kappa shape index (κ3) is 4.82. The van der Waals surface area contributed by atoms with Crippen molar-refractivity contribution >= 4 is 12.0 Å². The minimum atomic E-state index is -4.49. The Bertz CT molecular complexity index is 868. The Kier molecular flexibility index (Phi) is 6.59. The van der Waals surface area contributed by atoms with Crippen LogP contribution in [-0.4, -0.2) is 87.9 Å². The summed E-state index contributed by atoms with van der Waals surface area (Å²) in [6, 6.07) is 7.86. The van der Waals surface area contributed by atoms with E-state index >= 15 is 0 Å². The van der Waals surface area contributed by atoms with Crippen molar-refractivity contribution in [3.8, 4) is 0 Å². The fraction of sp³-hybridized carbons (Fsp3) is 0.652. The molecule has 0 bridgehead atoms. The molecule has 0 spiro atoms. The van der Waals surface area contributed by atoms with Gasteiger partial charge in [0, 0.05) is 38.1 Å². The van der Waals surface area contributed by atoms with E-state index in [4.69, 9.17) is 0 Å². The Balaban J connectivity index is 1.60. The van der Waals surface area contributed by atoms with E-state index in [2.05, 4.69) is 0 Å². The van der Waals surface area contributed by atoms with Crippen LogP contribution in [0.1, 0.15) is 37.7 Å². The maximum absolute atomic E-state index is 13.6. The first-order valence-corrected chi connectivity index (χ1v) is 11.5. The summed E-state index contributed by atoms with van der Waals surface area (Å²) in [4.78, 5) is 28.8. The third-order valence-electron chi connectivity index (χ3n) is 7.46. The molecule has 4 rings (SSSR count). The first-order valence-electron chi connectivity index (χ1n) is 11.5. The summed E-state index contributed by atoms with van der Waals surface area (Å²) in [5, 5.41) is 21.1. The molecule has 2 saturated heterocycles. The maximum Gasteiger partial charge on any atom is 0.407 e. The minimum Gasteiger partial charge on any atom is -0.465 e. The number of fused-ring (bicyclic) bond motifs is 1. The van der Waals surface area contributed by atoms with Crippen LogP contribution in [0.2, 0.25) is 0 Å². The fourth-order valence-electron chi connectivity index (χ4n) is 5.88. The molecule has 3 fully saturated rings. The predicted molar refractivity (Wildman–Crippen MR) is 113 cm³/mol. The molecule has 0 aromatic heterocycles. The van der Waals surface area contributed by atoms with Gasteiger partial charge in [-0.1, -0.05) is 43.2 Å². The Hall–Kier alpha value is -2.33. The summed E-state index contributed by atoms with van der Waals surface area (Å²) >= 11 is 0. The highest BCUT2D eigenvalue weighted by Gasteiger charge is 2.52. The van der Waals surface area contributed by atoms with Gasteiger partial charge in [0.2, 0.25) is 5.91 Å². The van der Waals surface area contributed by atoms with Gasteiger partial charge in [-0.25, -0.2) is 4.79 Å². The molecule has 10 heteroatoms. The summed E-state index contributed by atoms with van der Waals surface area (Å²) in [7, 11) is 0. The van der Waals surface area contributed by atoms with E-state index in [-0.39, 0.29) is 38.1 Å². The first kappa shape index (κ1) is 23.8. The van der Waals surface area contributed by atoms with E-state index in [9.17, 15) is 33.0 Å². The molecule has 33 heavy (non-hydrogen) atoms. The molecule has 1 aromatic rings. The number of nitrogens with zero attached hydrogens (tertiary/aromatic N) is 3. The van der Waals surface area contributed by atoms with Gasteiger partial charge in [0.1, 0.15) is 6.04 Å². The van der Waals surface area contributed by atoms with Crippen LogP contribution in [0.25, 0.3) is 0 Å². The number of carboxylic acid groups (broad SMARTS) is 1. The SMILES string of the molecule is O=C(O)N1CCN(CC(F)(F)F)C(C(=O)N2CCC(O)(c3ccccc3)[C@H]3CCCC[C@H]32)C1. The average molecular weight is 470 g/mol. The normalized spacial score (nSPS) is 31.2. The van der Waals surface area contributed by atoms with Gasteiger partial charge in [0.15, 0.2) is 0 Å². The van der Waals surface area contributed by atoms with Crippen LogP contribution in [0.4, 0.5) is 18.0 Å². The number of amides is 2. The number of carbonyl (C=O) groups excluding carboxylic acids is 1. The van der Waals surface area contributed by atoms with E-state index in [0.717, 1.165) is 34.6 Å². The lowest BCUT2D eigenvalue weighted by Crippen LogP contribution is -2.66. The van der Waals surface area contributed by atoms with E-state index < -0.39 is 36.4 Å². The Morgan fingerprint density at radius 2 is 1.76 bits per heavy atom. The van der Waals surface area contributed by atoms with Gasteiger partial charge in [-0.05, 0) is 24.8 Å². The van der Waals surface area contributed by atoms with Crippen LogP contribution >= 0.6 is 0 Å². The van der Waals surface area contributed by atoms with E-state index in [1.165, 1.54) is 0 Å². The highest BCUT2D eigenvalue weighted by molar-refractivity contribution is 5.83. The summed E-state index contributed by atoms with van der Waals surface area (Å²) < 4.78 is 39.6. The molecule has 1 aromatic carbocycles. The molecule has 2 amide bonds. The Morgan fingerprint density at radius 1 is 1.06 bits per heavy atom. The van der Waals surface area contributed by atoms with Crippen LogP contribution < -0.4 is 0 Å². The molecule has 2 unspecified atom stereocenters. The summed E-state index contributed by atoms with van der Waals surface area (Å²) in [6.07, 6.45) is -2.28. The molecule has 4 atom stereocenters. The zero-order valence-corrected chi connectivity index (χ0v) is 18.4. The number of aliphatic hydroxyl groups is 1. The Labute approximate surface area is 190 Å². The molecule has 7 nitrogen and oxygen atoms in total. The largest absolute Gasteiger partial charge is 0.465 e. The van der Waals surface area contributed by atoms with Gasteiger partial charge in [-0.3, -0.25) is 9.69 Å². The lowest BCUT2D eigenvalue weighted by Gasteiger charge is -2.54. The Morgan fingerprint density at radius 3 is 2.42 bits per heavy atom. The molecule has 0 radical (unpaired) electrons. The number of piperazine rings is 1. The second-order valence-corrected chi connectivity index (χ2v) is 9.36. The van der Waals surface area contributed by atoms with Crippen molar-refractivity contribution in [2.45, 2.75) is 56.0 Å². The van der Waals surface area contributed by atoms with Gasteiger partial charge < -0.3 is 20.0 Å².